The molecule has 2 N–H and O–H groups in total. The molecule has 4 nitrogen and oxygen atoms in total. The molecule has 112 valence electrons. The molecule has 0 bridgehead atoms. The molecule has 0 saturated carbocycles. The maximum absolute atomic E-state index is 12.0. The van der Waals surface area contributed by atoms with Crippen molar-refractivity contribution in [3.63, 3.8) is 0 Å². The van der Waals surface area contributed by atoms with E-state index in [0.717, 1.165) is 21.1 Å². The zero-order chi connectivity index (χ0) is 15.4. The second kappa shape index (κ2) is 6.83. The van der Waals surface area contributed by atoms with Gasteiger partial charge in [-0.3, -0.25) is 4.79 Å². The summed E-state index contributed by atoms with van der Waals surface area (Å²) in [6.45, 7) is 4.41. The molecule has 0 aliphatic heterocycles. The number of hydrogen-bond acceptors (Lipinski definition) is 4. The normalized spacial score (nSPS) is 12.2. The number of carbonyl (C=O) groups excluding carboxylic acids is 1. The summed E-state index contributed by atoms with van der Waals surface area (Å²) < 4.78 is 0. The van der Waals surface area contributed by atoms with Crippen LogP contribution in [-0.2, 0) is 4.79 Å². The second-order valence-corrected chi connectivity index (χ2v) is 6.08. The Morgan fingerprint density at radius 2 is 2.05 bits per heavy atom. The van der Waals surface area contributed by atoms with Gasteiger partial charge < -0.3 is 10.6 Å². The Kier molecular flexibility index (Phi) is 5.09. The highest BCUT2D eigenvalue weighted by molar-refractivity contribution is 7.15. The molecule has 1 aromatic heterocycles. The molecular formula is C16H21N3OS. The number of thiazole rings is 1. The van der Waals surface area contributed by atoms with E-state index in [-0.39, 0.29) is 11.9 Å². The highest BCUT2D eigenvalue weighted by Crippen LogP contribution is 2.33. The first-order valence-corrected chi connectivity index (χ1v) is 7.84. The number of aromatic nitrogens is 1. The van der Waals surface area contributed by atoms with Gasteiger partial charge in [0, 0.05) is 25.6 Å². The van der Waals surface area contributed by atoms with Crippen LogP contribution in [0.5, 0.6) is 0 Å². The number of aryl methyl sites for hydroxylation is 1. The Morgan fingerprint density at radius 3 is 2.67 bits per heavy atom. The van der Waals surface area contributed by atoms with Crippen LogP contribution in [0.15, 0.2) is 30.3 Å². The highest BCUT2D eigenvalue weighted by Gasteiger charge is 2.21. The van der Waals surface area contributed by atoms with Crippen molar-refractivity contribution in [1.82, 2.24) is 9.88 Å². The van der Waals surface area contributed by atoms with Crippen molar-refractivity contribution in [2.24, 2.45) is 5.73 Å². The SMILES string of the molecule is Cc1nc(-c2ccccc2)sc1C(C)N(C)C(=O)CCN. The smallest absolute Gasteiger partial charge is 0.224 e. The van der Waals surface area contributed by atoms with Crippen LogP contribution in [0.3, 0.4) is 0 Å². The molecule has 2 rings (SSSR count). The second-order valence-electron chi connectivity index (χ2n) is 5.05. The topological polar surface area (TPSA) is 59.2 Å². The molecular weight excluding hydrogens is 282 g/mol. The fourth-order valence-corrected chi connectivity index (χ4v) is 3.36. The van der Waals surface area contributed by atoms with Crippen LogP contribution in [0.2, 0.25) is 0 Å². The van der Waals surface area contributed by atoms with Crippen LogP contribution < -0.4 is 5.73 Å². The van der Waals surface area contributed by atoms with E-state index in [4.69, 9.17) is 5.73 Å². The van der Waals surface area contributed by atoms with Crippen molar-refractivity contribution in [3.8, 4) is 10.6 Å². The molecule has 0 aliphatic rings. The lowest BCUT2D eigenvalue weighted by Crippen LogP contribution is -2.30. The lowest BCUT2D eigenvalue weighted by Gasteiger charge is -2.24. The fourth-order valence-electron chi connectivity index (χ4n) is 2.19. The maximum Gasteiger partial charge on any atom is 0.224 e. The number of carbonyl (C=O) groups is 1. The van der Waals surface area contributed by atoms with Crippen LogP contribution in [0.4, 0.5) is 0 Å². The molecule has 0 aliphatic carbocycles. The van der Waals surface area contributed by atoms with Gasteiger partial charge >= 0.3 is 0 Å². The highest BCUT2D eigenvalue weighted by atomic mass is 32.1. The summed E-state index contributed by atoms with van der Waals surface area (Å²) in [7, 11) is 1.82. The Labute approximate surface area is 129 Å². The molecule has 1 atom stereocenters. The zero-order valence-electron chi connectivity index (χ0n) is 12.7. The van der Waals surface area contributed by atoms with E-state index in [1.54, 1.807) is 16.2 Å². The molecule has 5 heteroatoms. The summed E-state index contributed by atoms with van der Waals surface area (Å²) in [5.41, 5.74) is 7.55. The van der Waals surface area contributed by atoms with Crippen molar-refractivity contribution in [3.05, 3.63) is 40.9 Å². The lowest BCUT2D eigenvalue weighted by atomic mass is 10.2. The van der Waals surface area contributed by atoms with Crippen LogP contribution >= 0.6 is 11.3 Å². The molecule has 0 fully saturated rings. The van der Waals surface area contributed by atoms with Crippen molar-refractivity contribution in [1.29, 1.82) is 0 Å². The number of hydrogen-bond donors (Lipinski definition) is 1. The molecule has 0 saturated heterocycles. The van der Waals surface area contributed by atoms with Crippen molar-refractivity contribution < 1.29 is 4.79 Å². The van der Waals surface area contributed by atoms with Crippen LogP contribution in [0, 0.1) is 6.92 Å². The Morgan fingerprint density at radius 1 is 1.38 bits per heavy atom. The van der Waals surface area contributed by atoms with Gasteiger partial charge in [0.2, 0.25) is 5.91 Å². The quantitative estimate of drug-likeness (QED) is 0.923. The molecule has 1 amide bonds. The molecule has 1 heterocycles. The number of nitrogens with zero attached hydrogens (tertiary/aromatic N) is 2. The monoisotopic (exact) mass is 303 g/mol. The van der Waals surface area contributed by atoms with Gasteiger partial charge in [0.05, 0.1) is 16.6 Å². The van der Waals surface area contributed by atoms with E-state index in [1.165, 1.54) is 0 Å². The molecule has 0 radical (unpaired) electrons. The minimum atomic E-state index is 0.0130. The van der Waals surface area contributed by atoms with Crippen molar-refractivity contribution in [2.45, 2.75) is 26.3 Å². The minimum Gasteiger partial charge on any atom is -0.338 e. The fraction of sp³-hybridized carbons (Fsp3) is 0.375. The number of amides is 1. The zero-order valence-corrected chi connectivity index (χ0v) is 13.5. The number of benzene rings is 1. The lowest BCUT2D eigenvalue weighted by molar-refractivity contribution is -0.131. The van der Waals surface area contributed by atoms with Crippen LogP contribution in [-0.4, -0.2) is 29.4 Å². The molecule has 1 unspecified atom stereocenters. The van der Waals surface area contributed by atoms with Gasteiger partial charge in [-0.1, -0.05) is 30.3 Å². The van der Waals surface area contributed by atoms with Gasteiger partial charge in [-0.15, -0.1) is 11.3 Å². The van der Waals surface area contributed by atoms with Gasteiger partial charge in [0.25, 0.3) is 0 Å². The number of nitrogens with two attached hydrogens (primary N) is 1. The van der Waals surface area contributed by atoms with E-state index in [1.807, 2.05) is 39.1 Å². The first-order chi connectivity index (χ1) is 10.0. The Balaban J connectivity index is 2.25. The first-order valence-electron chi connectivity index (χ1n) is 7.03. The third-order valence-electron chi connectivity index (χ3n) is 3.57. The average molecular weight is 303 g/mol. The van der Waals surface area contributed by atoms with Gasteiger partial charge in [-0.2, -0.15) is 0 Å². The summed E-state index contributed by atoms with van der Waals surface area (Å²) in [6.07, 6.45) is 0.379. The predicted octanol–water partition coefficient (Wildman–Crippen LogP) is 2.99. The summed E-state index contributed by atoms with van der Waals surface area (Å²) in [4.78, 5) is 19.5. The van der Waals surface area contributed by atoms with Gasteiger partial charge in [0.15, 0.2) is 0 Å². The predicted molar refractivity (Wildman–Crippen MR) is 87.1 cm³/mol. The summed E-state index contributed by atoms with van der Waals surface area (Å²) in [5, 5.41) is 0.995. The number of rotatable bonds is 5. The van der Waals surface area contributed by atoms with Crippen LogP contribution in [0.1, 0.15) is 30.0 Å². The summed E-state index contributed by atoms with van der Waals surface area (Å²) in [6, 6.07) is 10.1. The third-order valence-corrected chi connectivity index (χ3v) is 4.94. The maximum atomic E-state index is 12.0. The first kappa shape index (κ1) is 15.7. The Bertz CT molecular complexity index is 609. The minimum absolute atomic E-state index is 0.0130. The van der Waals surface area contributed by atoms with Crippen molar-refractivity contribution in [2.75, 3.05) is 13.6 Å². The van der Waals surface area contributed by atoms with Crippen molar-refractivity contribution >= 4 is 17.2 Å². The average Bonchev–Trinajstić information content (AvgIpc) is 2.89. The standard InChI is InChI=1S/C16H21N3OS/c1-11-15(12(2)19(3)14(20)9-10-17)21-16(18-11)13-7-5-4-6-8-13/h4-8,12H,9-10,17H2,1-3H3. The molecule has 0 spiro atoms. The van der Waals surface area contributed by atoms with Gasteiger partial charge in [-0.25, -0.2) is 4.98 Å². The Hall–Kier alpha value is -1.72. The van der Waals surface area contributed by atoms with E-state index < -0.39 is 0 Å². The molecule has 2 aromatic rings. The van der Waals surface area contributed by atoms with Crippen LogP contribution in [0.25, 0.3) is 10.6 Å². The van der Waals surface area contributed by atoms with E-state index >= 15 is 0 Å². The van der Waals surface area contributed by atoms with E-state index in [9.17, 15) is 4.79 Å². The summed E-state index contributed by atoms with van der Waals surface area (Å²) in [5.74, 6) is 0.0686. The van der Waals surface area contributed by atoms with E-state index in [0.29, 0.717) is 13.0 Å². The molecule has 21 heavy (non-hydrogen) atoms. The molecule has 1 aromatic carbocycles. The van der Waals surface area contributed by atoms with Gasteiger partial charge in [-0.05, 0) is 13.8 Å². The third kappa shape index (κ3) is 3.49. The summed E-state index contributed by atoms with van der Waals surface area (Å²) >= 11 is 1.65. The largest absolute Gasteiger partial charge is 0.338 e. The van der Waals surface area contributed by atoms with E-state index in [2.05, 4.69) is 17.1 Å². The van der Waals surface area contributed by atoms with Gasteiger partial charge in [0.1, 0.15) is 5.01 Å².